The van der Waals surface area contributed by atoms with Crippen LogP contribution in [0.2, 0.25) is 0 Å². The zero-order chi connectivity index (χ0) is 21.0. The summed E-state index contributed by atoms with van der Waals surface area (Å²) in [4.78, 5) is 27.5. The molecule has 1 aromatic carbocycles. The van der Waals surface area contributed by atoms with E-state index >= 15 is 0 Å². The minimum atomic E-state index is -0.505. The van der Waals surface area contributed by atoms with E-state index in [-0.39, 0.29) is 24.7 Å². The van der Waals surface area contributed by atoms with E-state index in [1.54, 1.807) is 17.0 Å². The van der Waals surface area contributed by atoms with Crippen molar-refractivity contribution in [1.29, 1.82) is 0 Å². The first-order valence-corrected chi connectivity index (χ1v) is 10.6. The van der Waals surface area contributed by atoms with Gasteiger partial charge in [0, 0.05) is 29.3 Å². The molecule has 8 heteroatoms. The molecular formula is C21H26N2O5S. The highest BCUT2D eigenvalue weighted by molar-refractivity contribution is 7.98. The normalized spacial score (nSPS) is 19.2. The number of nitrogens with zero attached hydrogens (tertiary/aromatic N) is 2. The van der Waals surface area contributed by atoms with E-state index < -0.39 is 5.97 Å². The molecule has 1 amide bonds. The highest BCUT2D eigenvalue weighted by atomic mass is 32.2. The summed E-state index contributed by atoms with van der Waals surface area (Å²) in [6, 6.07) is 7.23. The standard InChI is InChI=1S/C21H26N2O5S/c1-13-9-23(10-14(2)27-13)20(24)11-26-21(25)17-7-5-6-8-19(17)29-12-18-15(3)22-28-16(18)4/h5-8,13-14H,9-12H2,1-4H3/t13-,14-/m0/s1. The van der Waals surface area contributed by atoms with E-state index in [1.165, 1.54) is 11.8 Å². The van der Waals surface area contributed by atoms with Crippen LogP contribution < -0.4 is 0 Å². The first-order chi connectivity index (χ1) is 13.8. The van der Waals surface area contributed by atoms with Crippen molar-refractivity contribution in [1.82, 2.24) is 10.1 Å². The molecule has 0 radical (unpaired) electrons. The fraction of sp³-hybridized carbons (Fsp3) is 0.476. The van der Waals surface area contributed by atoms with Gasteiger partial charge in [0.25, 0.3) is 5.91 Å². The number of carbonyl (C=O) groups is 2. The van der Waals surface area contributed by atoms with Crippen molar-refractivity contribution in [2.24, 2.45) is 0 Å². The molecule has 0 aliphatic carbocycles. The van der Waals surface area contributed by atoms with Crippen LogP contribution in [-0.4, -0.2) is 53.8 Å². The molecule has 2 heterocycles. The van der Waals surface area contributed by atoms with E-state index in [0.29, 0.717) is 24.4 Å². The summed E-state index contributed by atoms with van der Waals surface area (Å²) in [6.45, 7) is 8.35. The van der Waals surface area contributed by atoms with Crippen LogP contribution in [0.3, 0.4) is 0 Å². The van der Waals surface area contributed by atoms with Gasteiger partial charge in [-0.05, 0) is 39.8 Å². The first kappa shape index (κ1) is 21.4. The number of hydrogen-bond donors (Lipinski definition) is 0. The third-order valence-corrected chi connectivity index (χ3v) is 5.86. The predicted molar refractivity (Wildman–Crippen MR) is 109 cm³/mol. The molecule has 7 nitrogen and oxygen atoms in total. The molecular weight excluding hydrogens is 392 g/mol. The Kier molecular flexibility index (Phi) is 6.97. The summed E-state index contributed by atoms with van der Waals surface area (Å²) in [5.41, 5.74) is 2.30. The SMILES string of the molecule is Cc1noc(C)c1CSc1ccccc1C(=O)OCC(=O)N1C[C@H](C)O[C@@H](C)C1. The number of amides is 1. The molecule has 29 heavy (non-hydrogen) atoms. The number of thioether (sulfide) groups is 1. The van der Waals surface area contributed by atoms with Gasteiger partial charge in [0.15, 0.2) is 6.61 Å². The summed E-state index contributed by atoms with van der Waals surface area (Å²) < 4.78 is 16.2. The number of aryl methyl sites for hydroxylation is 2. The molecule has 0 spiro atoms. The van der Waals surface area contributed by atoms with Crippen molar-refractivity contribution >= 4 is 23.6 Å². The quantitative estimate of drug-likeness (QED) is 0.525. The highest BCUT2D eigenvalue weighted by Gasteiger charge is 2.26. The van der Waals surface area contributed by atoms with Crippen LogP contribution in [0.1, 0.15) is 41.2 Å². The van der Waals surface area contributed by atoms with Crippen molar-refractivity contribution in [3.63, 3.8) is 0 Å². The average molecular weight is 419 g/mol. The Morgan fingerprint density at radius 2 is 1.90 bits per heavy atom. The maximum absolute atomic E-state index is 12.6. The van der Waals surface area contributed by atoms with Crippen molar-refractivity contribution < 1.29 is 23.6 Å². The molecule has 1 fully saturated rings. The van der Waals surface area contributed by atoms with E-state index in [4.69, 9.17) is 14.0 Å². The minimum Gasteiger partial charge on any atom is -0.452 e. The van der Waals surface area contributed by atoms with Gasteiger partial charge in [0.05, 0.1) is 23.5 Å². The van der Waals surface area contributed by atoms with E-state index in [1.807, 2.05) is 39.8 Å². The smallest absolute Gasteiger partial charge is 0.339 e. The Bertz CT molecular complexity index is 852. The molecule has 2 aromatic rings. The van der Waals surface area contributed by atoms with Crippen LogP contribution >= 0.6 is 11.8 Å². The molecule has 1 saturated heterocycles. The monoisotopic (exact) mass is 418 g/mol. The fourth-order valence-electron chi connectivity index (χ4n) is 3.30. The third kappa shape index (κ3) is 5.39. The summed E-state index contributed by atoms with van der Waals surface area (Å²) in [5.74, 6) is 0.693. The van der Waals surface area contributed by atoms with Gasteiger partial charge in [-0.25, -0.2) is 4.79 Å². The lowest BCUT2D eigenvalue weighted by atomic mass is 10.2. The summed E-state index contributed by atoms with van der Waals surface area (Å²) in [6.07, 6.45) is -0.0558. The first-order valence-electron chi connectivity index (χ1n) is 9.59. The Morgan fingerprint density at radius 3 is 2.55 bits per heavy atom. The van der Waals surface area contributed by atoms with Gasteiger partial charge in [-0.15, -0.1) is 11.8 Å². The van der Waals surface area contributed by atoms with Crippen molar-refractivity contribution in [2.75, 3.05) is 19.7 Å². The maximum atomic E-state index is 12.6. The lowest BCUT2D eigenvalue weighted by Gasteiger charge is -2.35. The van der Waals surface area contributed by atoms with Crippen LogP contribution in [0.4, 0.5) is 0 Å². The number of esters is 1. The highest BCUT2D eigenvalue weighted by Crippen LogP contribution is 2.29. The molecule has 156 valence electrons. The largest absolute Gasteiger partial charge is 0.452 e. The summed E-state index contributed by atoms with van der Waals surface area (Å²) in [7, 11) is 0. The molecule has 0 bridgehead atoms. The van der Waals surface area contributed by atoms with Crippen LogP contribution in [0, 0.1) is 13.8 Å². The van der Waals surface area contributed by atoms with E-state index in [9.17, 15) is 9.59 Å². The second kappa shape index (κ2) is 9.45. The third-order valence-electron chi connectivity index (χ3n) is 4.76. The van der Waals surface area contributed by atoms with E-state index in [2.05, 4.69) is 5.16 Å². The van der Waals surface area contributed by atoms with Gasteiger partial charge in [-0.2, -0.15) is 0 Å². The number of carbonyl (C=O) groups excluding carboxylic acids is 2. The molecule has 1 aliphatic heterocycles. The second-order valence-electron chi connectivity index (χ2n) is 7.22. The van der Waals surface area contributed by atoms with Crippen LogP contribution in [0.25, 0.3) is 0 Å². The lowest BCUT2D eigenvalue weighted by molar-refractivity contribution is -0.146. The molecule has 3 rings (SSSR count). The number of rotatable bonds is 6. The topological polar surface area (TPSA) is 81.9 Å². The van der Waals surface area contributed by atoms with Crippen molar-refractivity contribution in [3.8, 4) is 0 Å². The van der Waals surface area contributed by atoms with Crippen LogP contribution in [0.15, 0.2) is 33.7 Å². The van der Waals surface area contributed by atoms with Gasteiger partial charge in [-0.1, -0.05) is 17.3 Å². The van der Waals surface area contributed by atoms with Crippen molar-refractivity contribution in [3.05, 3.63) is 46.8 Å². The molecule has 1 aliphatic rings. The predicted octanol–water partition coefficient (Wildman–Crippen LogP) is 3.38. The average Bonchev–Trinajstić information content (AvgIpc) is 3.01. The van der Waals surface area contributed by atoms with Gasteiger partial charge in [0.1, 0.15) is 5.76 Å². The molecule has 0 N–H and O–H groups in total. The Hall–Kier alpha value is -2.32. The molecule has 0 saturated carbocycles. The maximum Gasteiger partial charge on any atom is 0.339 e. The van der Waals surface area contributed by atoms with E-state index in [0.717, 1.165) is 21.9 Å². The zero-order valence-corrected chi connectivity index (χ0v) is 18.0. The lowest BCUT2D eigenvalue weighted by Crippen LogP contribution is -2.49. The van der Waals surface area contributed by atoms with Gasteiger partial charge >= 0.3 is 5.97 Å². The molecule has 1 aromatic heterocycles. The van der Waals surface area contributed by atoms with Gasteiger partial charge in [-0.3, -0.25) is 4.79 Å². The number of hydrogen-bond acceptors (Lipinski definition) is 7. The fourth-order valence-corrected chi connectivity index (χ4v) is 4.49. The number of aromatic nitrogens is 1. The van der Waals surface area contributed by atoms with Crippen molar-refractivity contribution in [2.45, 2.75) is 50.6 Å². The number of ether oxygens (including phenoxy) is 2. The second-order valence-corrected chi connectivity index (χ2v) is 8.24. The summed E-state index contributed by atoms with van der Waals surface area (Å²) >= 11 is 1.51. The Labute approximate surface area is 174 Å². The summed E-state index contributed by atoms with van der Waals surface area (Å²) in [5, 5.41) is 3.96. The van der Waals surface area contributed by atoms with Crippen LogP contribution in [-0.2, 0) is 20.0 Å². The zero-order valence-electron chi connectivity index (χ0n) is 17.1. The number of morpholine rings is 1. The van der Waals surface area contributed by atoms with Gasteiger partial charge < -0.3 is 18.9 Å². The Morgan fingerprint density at radius 1 is 1.21 bits per heavy atom. The minimum absolute atomic E-state index is 0.0279. The van der Waals surface area contributed by atoms with Crippen LogP contribution in [0.5, 0.6) is 0 Å². The molecule has 2 atom stereocenters. The molecule has 0 unspecified atom stereocenters. The Balaban J connectivity index is 1.60. The van der Waals surface area contributed by atoms with Gasteiger partial charge in [0.2, 0.25) is 0 Å². The number of benzene rings is 1.